The summed E-state index contributed by atoms with van der Waals surface area (Å²) in [6.07, 6.45) is 10.9. The number of esters is 1. The van der Waals surface area contributed by atoms with Crippen molar-refractivity contribution in [2.75, 3.05) is 6.54 Å². The summed E-state index contributed by atoms with van der Waals surface area (Å²) in [6, 6.07) is 6.97. The van der Waals surface area contributed by atoms with E-state index in [4.69, 9.17) is 4.74 Å². The first-order valence-corrected chi connectivity index (χ1v) is 12.7. The van der Waals surface area contributed by atoms with Crippen LogP contribution in [0.4, 0.5) is 8.78 Å². The van der Waals surface area contributed by atoms with E-state index in [9.17, 15) is 23.5 Å². The highest BCUT2D eigenvalue weighted by Gasteiger charge is 2.39. The predicted octanol–water partition coefficient (Wildman–Crippen LogP) is 5.51. The van der Waals surface area contributed by atoms with Crippen molar-refractivity contribution in [1.82, 2.24) is 4.90 Å². The minimum absolute atomic E-state index is 0.00928. The number of carbonyl (C=O) groups is 2. The van der Waals surface area contributed by atoms with E-state index >= 15 is 0 Å². The van der Waals surface area contributed by atoms with Gasteiger partial charge >= 0.3 is 11.9 Å². The summed E-state index contributed by atoms with van der Waals surface area (Å²) >= 11 is 0. The first kappa shape index (κ1) is 26.3. The molecule has 7 heteroatoms. The van der Waals surface area contributed by atoms with Gasteiger partial charge in [-0.25, -0.2) is 0 Å². The Morgan fingerprint density at radius 1 is 1.09 bits per heavy atom. The van der Waals surface area contributed by atoms with Crippen LogP contribution in [0.3, 0.4) is 0 Å². The average Bonchev–Trinajstić information content (AvgIpc) is 3.20. The zero-order valence-electron chi connectivity index (χ0n) is 19.8. The molecule has 2 fully saturated rings. The van der Waals surface area contributed by atoms with Crippen LogP contribution in [0.5, 0.6) is 0 Å². The number of amides is 1. The van der Waals surface area contributed by atoms with E-state index < -0.39 is 12.0 Å². The van der Waals surface area contributed by atoms with E-state index in [1.54, 1.807) is 11.0 Å². The van der Waals surface area contributed by atoms with Gasteiger partial charge in [-0.1, -0.05) is 61.7 Å². The lowest BCUT2D eigenvalue weighted by atomic mass is 9.98. The monoisotopic (exact) mass is 477 g/mol. The van der Waals surface area contributed by atoms with Crippen molar-refractivity contribution in [2.24, 2.45) is 0 Å². The zero-order chi connectivity index (χ0) is 24.4. The molecule has 1 aliphatic heterocycles. The molecular formula is C27H37F2NO4. The highest BCUT2D eigenvalue weighted by atomic mass is 19.3. The molecule has 0 aromatic heterocycles. The van der Waals surface area contributed by atoms with Gasteiger partial charge in [-0.05, 0) is 44.9 Å². The molecule has 0 bridgehead atoms. The maximum absolute atomic E-state index is 14.5. The summed E-state index contributed by atoms with van der Waals surface area (Å²) in [5.41, 5.74) is -0.242. The van der Waals surface area contributed by atoms with Gasteiger partial charge in [-0.3, -0.25) is 9.59 Å². The van der Waals surface area contributed by atoms with Crippen molar-refractivity contribution in [3.8, 4) is 0 Å². The number of hydrogen-bond donors (Lipinski definition) is 1. The van der Waals surface area contributed by atoms with Crippen LogP contribution in [0.25, 0.3) is 0 Å². The molecule has 1 heterocycles. The van der Waals surface area contributed by atoms with E-state index in [0.29, 0.717) is 25.8 Å². The van der Waals surface area contributed by atoms with Crippen molar-refractivity contribution < 1.29 is 28.2 Å². The van der Waals surface area contributed by atoms with Gasteiger partial charge in [0.1, 0.15) is 12.2 Å². The molecule has 2 aliphatic rings. The smallest absolute Gasteiger partial charge is 0.306 e. The van der Waals surface area contributed by atoms with Crippen LogP contribution in [0.2, 0.25) is 0 Å². The molecule has 0 spiro atoms. The number of likely N-dealkylation sites (tertiary alicyclic amines) is 1. The molecule has 34 heavy (non-hydrogen) atoms. The lowest BCUT2D eigenvalue weighted by Gasteiger charge is -2.24. The van der Waals surface area contributed by atoms with Gasteiger partial charge in [0.15, 0.2) is 0 Å². The highest BCUT2D eigenvalue weighted by Crippen LogP contribution is 2.33. The Labute approximate surface area is 201 Å². The Hall–Kier alpha value is -2.28. The predicted molar refractivity (Wildman–Crippen MR) is 126 cm³/mol. The molecule has 0 radical (unpaired) electrons. The van der Waals surface area contributed by atoms with E-state index in [0.717, 1.165) is 57.4 Å². The van der Waals surface area contributed by atoms with Gasteiger partial charge in [0.2, 0.25) is 5.91 Å². The molecule has 1 saturated heterocycles. The molecule has 1 N–H and O–H groups in total. The molecular weight excluding hydrogens is 440 g/mol. The normalized spacial score (nSPS) is 20.7. The number of benzene rings is 1. The quantitative estimate of drug-likeness (QED) is 0.245. The zero-order valence-corrected chi connectivity index (χ0v) is 19.8. The maximum Gasteiger partial charge on any atom is 0.306 e. The number of halogens is 2. The lowest BCUT2D eigenvalue weighted by Crippen LogP contribution is -2.34. The Balaban J connectivity index is 1.37. The summed E-state index contributed by atoms with van der Waals surface area (Å²) < 4.78 is 34.5. The fourth-order valence-electron chi connectivity index (χ4n) is 4.76. The fourth-order valence-corrected chi connectivity index (χ4v) is 4.76. The number of carbonyl (C=O) groups excluding carboxylic acids is 2. The Morgan fingerprint density at radius 3 is 2.53 bits per heavy atom. The van der Waals surface area contributed by atoms with Gasteiger partial charge in [0.05, 0.1) is 6.04 Å². The first-order chi connectivity index (χ1) is 16.4. The molecule has 0 unspecified atom stereocenters. The first-order valence-electron chi connectivity index (χ1n) is 12.7. The van der Waals surface area contributed by atoms with Crippen LogP contribution in [0.15, 0.2) is 42.5 Å². The van der Waals surface area contributed by atoms with Crippen LogP contribution >= 0.6 is 0 Å². The number of unbranched alkanes of at least 4 members (excludes halogenated alkanes) is 3. The van der Waals surface area contributed by atoms with E-state index in [1.165, 1.54) is 36.8 Å². The maximum atomic E-state index is 14.5. The third-order valence-electron chi connectivity index (χ3n) is 6.80. The summed E-state index contributed by atoms with van der Waals surface area (Å²) in [6.45, 7) is 0.547. The summed E-state index contributed by atoms with van der Waals surface area (Å²) in [5.74, 6) is -3.50. The van der Waals surface area contributed by atoms with Gasteiger partial charge < -0.3 is 14.7 Å². The third kappa shape index (κ3) is 7.62. The van der Waals surface area contributed by atoms with Gasteiger partial charge in [-0.15, -0.1) is 0 Å². The van der Waals surface area contributed by atoms with Gasteiger partial charge in [0.25, 0.3) is 0 Å². The minimum atomic E-state index is -3.40. The van der Waals surface area contributed by atoms with E-state index in [-0.39, 0.29) is 29.6 Å². The van der Waals surface area contributed by atoms with E-state index in [2.05, 4.69) is 0 Å². The SMILES string of the molecule is O=C(CCCCCCN1C(=O)CC[C@@H]1/C=C/[C@@H](O)C(F)(F)c1ccccc1)OC1CCCCC1. The third-order valence-corrected chi connectivity index (χ3v) is 6.80. The lowest BCUT2D eigenvalue weighted by molar-refractivity contribution is -0.150. The highest BCUT2D eigenvalue weighted by molar-refractivity contribution is 5.79. The molecule has 1 saturated carbocycles. The molecule has 5 nitrogen and oxygen atoms in total. The van der Waals surface area contributed by atoms with Crippen LogP contribution in [0, 0.1) is 0 Å². The minimum Gasteiger partial charge on any atom is -0.462 e. The Kier molecular flexibility index (Phi) is 10.1. The molecule has 1 aromatic carbocycles. The molecule has 1 aromatic rings. The van der Waals surface area contributed by atoms with Crippen molar-refractivity contribution in [1.29, 1.82) is 0 Å². The molecule has 1 aliphatic carbocycles. The topological polar surface area (TPSA) is 66.8 Å². The number of nitrogens with zero attached hydrogens (tertiary/aromatic N) is 1. The van der Waals surface area contributed by atoms with Crippen molar-refractivity contribution in [2.45, 2.75) is 101 Å². The van der Waals surface area contributed by atoms with Crippen molar-refractivity contribution in [3.63, 3.8) is 0 Å². The molecule has 188 valence electrons. The number of hydrogen-bond acceptors (Lipinski definition) is 4. The second kappa shape index (κ2) is 13.0. The number of aliphatic hydroxyl groups excluding tert-OH is 1. The van der Waals surface area contributed by atoms with Gasteiger partial charge in [-0.2, -0.15) is 8.78 Å². The fraction of sp³-hybridized carbons (Fsp3) is 0.630. The summed E-state index contributed by atoms with van der Waals surface area (Å²) in [5, 5.41) is 10.1. The van der Waals surface area contributed by atoms with Crippen LogP contribution in [-0.2, 0) is 20.2 Å². The second-order valence-corrected chi connectivity index (χ2v) is 9.43. The summed E-state index contributed by atoms with van der Waals surface area (Å²) in [4.78, 5) is 25.9. The van der Waals surface area contributed by atoms with Crippen molar-refractivity contribution >= 4 is 11.9 Å². The van der Waals surface area contributed by atoms with Crippen LogP contribution < -0.4 is 0 Å². The standard InChI is InChI=1S/C27H37F2NO4/c28-27(29,21-11-5-3-6-12-21)24(31)18-16-22-17-19-25(32)30(22)20-10-2-1-9-15-26(33)34-23-13-7-4-8-14-23/h3,5-6,11-12,16,18,22-24,31H,1-2,4,7-10,13-15,17,19-20H2/b18-16+/t22-,24+/m0/s1. The van der Waals surface area contributed by atoms with E-state index in [1.807, 2.05) is 0 Å². The van der Waals surface area contributed by atoms with Crippen molar-refractivity contribution in [3.05, 3.63) is 48.0 Å². The molecule has 2 atom stereocenters. The number of aliphatic hydroxyl groups is 1. The number of rotatable bonds is 12. The number of ether oxygens (including phenoxy) is 1. The Bertz CT molecular complexity index is 808. The Morgan fingerprint density at radius 2 is 1.79 bits per heavy atom. The summed E-state index contributed by atoms with van der Waals surface area (Å²) in [7, 11) is 0. The van der Waals surface area contributed by atoms with Crippen LogP contribution in [-0.4, -0.2) is 46.7 Å². The number of alkyl halides is 2. The van der Waals surface area contributed by atoms with Gasteiger partial charge in [0, 0.05) is 24.9 Å². The van der Waals surface area contributed by atoms with Crippen LogP contribution in [0.1, 0.15) is 82.6 Å². The average molecular weight is 478 g/mol. The molecule has 1 amide bonds. The largest absolute Gasteiger partial charge is 0.462 e. The molecule has 3 rings (SSSR count). The second-order valence-electron chi connectivity index (χ2n) is 9.43.